The average Bonchev–Trinajstić information content (AvgIpc) is 2.93. The van der Waals surface area contributed by atoms with Gasteiger partial charge in [0.05, 0.1) is 11.9 Å². The van der Waals surface area contributed by atoms with Crippen LogP contribution in [0.25, 0.3) is 5.69 Å². The van der Waals surface area contributed by atoms with Crippen molar-refractivity contribution >= 4 is 5.69 Å². The lowest BCUT2D eigenvalue weighted by atomic mass is 10.1. The first-order valence-corrected chi connectivity index (χ1v) is 6.48. The largest absolute Gasteiger partial charge is 0.385 e. The summed E-state index contributed by atoms with van der Waals surface area (Å²) in [6.45, 7) is 5.07. The van der Waals surface area contributed by atoms with Crippen molar-refractivity contribution in [3.05, 3.63) is 43.0 Å². The van der Waals surface area contributed by atoms with Crippen molar-refractivity contribution in [2.75, 3.05) is 19.0 Å². The van der Waals surface area contributed by atoms with E-state index in [0.717, 1.165) is 24.3 Å². The van der Waals surface area contributed by atoms with Gasteiger partial charge in [0.25, 0.3) is 0 Å². The van der Waals surface area contributed by atoms with Crippen molar-refractivity contribution in [3.8, 4) is 5.69 Å². The second-order valence-electron chi connectivity index (χ2n) is 5.16. The Morgan fingerprint density at radius 3 is 2.89 bits per heavy atom. The van der Waals surface area contributed by atoms with E-state index < -0.39 is 0 Å². The Morgan fingerprint density at radius 1 is 1.37 bits per heavy atom. The van der Waals surface area contributed by atoms with Gasteiger partial charge in [0, 0.05) is 37.4 Å². The fourth-order valence-electron chi connectivity index (χ4n) is 1.80. The summed E-state index contributed by atoms with van der Waals surface area (Å²) in [5, 5.41) is 3.42. The summed E-state index contributed by atoms with van der Waals surface area (Å²) >= 11 is 0. The molecule has 1 aromatic carbocycles. The molecule has 0 atom stereocenters. The molecule has 0 radical (unpaired) electrons. The monoisotopic (exact) mass is 259 g/mol. The van der Waals surface area contributed by atoms with Gasteiger partial charge in [-0.3, -0.25) is 0 Å². The number of hydrogen-bond acceptors (Lipinski definition) is 3. The summed E-state index contributed by atoms with van der Waals surface area (Å²) in [6.07, 6.45) is 6.47. The molecule has 0 aliphatic heterocycles. The molecule has 0 fully saturated rings. The molecule has 0 bridgehead atoms. The first kappa shape index (κ1) is 13.6. The van der Waals surface area contributed by atoms with Crippen LogP contribution < -0.4 is 5.32 Å². The van der Waals surface area contributed by atoms with Crippen molar-refractivity contribution in [2.45, 2.75) is 25.9 Å². The molecule has 0 spiro atoms. The van der Waals surface area contributed by atoms with Gasteiger partial charge in [-0.05, 0) is 38.5 Å². The van der Waals surface area contributed by atoms with Crippen LogP contribution in [0.4, 0.5) is 5.69 Å². The zero-order valence-corrected chi connectivity index (χ0v) is 11.8. The molecule has 0 aliphatic carbocycles. The molecule has 1 N–H and O–H groups in total. The zero-order chi connectivity index (χ0) is 13.7. The quantitative estimate of drug-likeness (QED) is 0.866. The molecule has 0 saturated heterocycles. The summed E-state index contributed by atoms with van der Waals surface area (Å²) in [5.74, 6) is 0. The van der Waals surface area contributed by atoms with Crippen molar-refractivity contribution < 1.29 is 4.74 Å². The molecule has 0 unspecified atom stereocenters. The van der Waals surface area contributed by atoms with E-state index in [0.29, 0.717) is 0 Å². The molecular formula is C15H21N3O. The molecule has 19 heavy (non-hydrogen) atoms. The van der Waals surface area contributed by atoms with Crippen LogP contribution in [0.3, 0.4) is 0 Å². The summed E-state index contributed by atoms with van der Waals surface area (Å²) in [6, 6.07) is 8.28. The number of imidazole rings is 1. The lowest BCUT2D eigenvalue weighted by Gasteiger charge is -2.23. The molecule has 4 nitrogen and oxygen atoms in total. The number of anilines is 1. The second kappa shape index (κ2) is 5.89. The van der Waals surface area contributed by atoms with Gasteiger partial charge in [0.1, 0.15) is 0 Å². The maximum absolute atomic E-state index is 5.41. The zero-order valence-electron chi connectivity index (χ0n) is 11.8. The van der Waals surface area contributed by atoms with E-state index in [-0.39, 0.29) is 5.60 Å². The van der Waals surface area contributed by atoms with Crippen molar-refractivity contribution in [3.63, 3.8) is 0 Å². The summed E-state index contributed by atoms with van der Waals surface area (Å²) < 4.78 is 7.40. The summed E-state index contributed by atoms with van der Waals surface area (Å²) in [7, 11) is 1.75. The molecule has 102 valence electrons. The second-order valence-corrected chi connectivity index (χ2v) is 5.16. The number of rotatable bonds is 6. The maximum atomic E-state index is 5.41. The van der Waals surface area contributed by atoms with E-state index in [2.05, 4.69) is 42.3 Å². The van der Waals surface area contributed by atoms with Crippen molar-refractivity contribution in [2.24, 2.45) is 0 Å². The molecule has 0 amide bonds. The van der Waals surface area contributed by atoms with Crippen LogP contribution >= 0.6 is 0 Å². The van der Waals surface area contributed by atoms with E-state index in [1.807, 2.05) is 16.8 Å². The Labute approximate surface area is 114 Å². The minimum Gasteiger partial charge on any atom is -0.385 e. The molecule has 0 aliphatic rings. The van der Waals surface area contributed by atoms with Crippen molar-refractivity contribution in [1.82, 2.24) is 9.55 Å². The number of aromatic nitrogens is 2. The SMILES string of the molecule is COC(C)(C)CCNc1cccc(-n2ccnc2)c1. The van der Waals surface area contributed by atoms with Crippen LogP contribution in [0.15, 0.2) is 43.0 Å². The van der Waals surface area contributed by atoms with E-state index in [1.54, 1.807) is 19.6 Å². The van der Waals surface area contributed by atoms with Gasteiger partial charge >= 0.3 is 0 Å². The third-order valence-electron chi connectivity index (χ3n) is 3.26. The number of nitrogens with one attached hydrogen (secondary N) is 1. The molecule has 0 saturated carbocycles. The van der Waals surface area contributed by atoms with Gasteiger partial charge in [-0.2, -0.15) is 0 Å². The van der Waals surface area contributed by atoms with Crippen LogP contribution in [-0.2, 0) is 4.74 Å². The van der Waals surface area contributed by atoms with Gasteiger partial charge in [-0.15, -0.1) is 0 Å². The summed E-state index contributed by atoms with van der Waals surface area (Å²) in [4.78, 5) is 4.06. The highest BCUT2D eigenvalue weighted by Crippen LogP contribution is 2.16. The van der Waals surface area contributed by atoms with Crippen LogP contribution in [0.5, 0.6) is 0 Å². The van der Waals surface area contributed by atoms with Gasteiger partial charge in [-0.25, -0.2) is 4.98 Å². The Hall–Kier alpha value is -1.81. The normalized spacial score (nSPS) is 11.5. The topological polar surface area (TPSA) is 39.1 Å². The molecule has 1 heterocycles. The van der Waals surface area contributed by atoms with Crippen molar-refractivity contribution in [1.29, 1.82) is 0 Å². The van der Waals surface area contributed by atoms with Gasteiger partial charge < -0.3 is 14.6 Å². The standard InChI is InChI=1S/C15H21N3O/c1-15(2,19-3)7-8-17-13-5-4-6-14(11-13)18-10-9-16-12-18/h4-6,9-12,17H,7-8H2,1-3H3. The fourth-order valence-corrected chi connectivity index (χ4v) is 1.80. The number of benzene rings is 1. The maximum Gasteiger partial charge on any atom is 0.0991 e. The third kappa shape index (κ3) is 3.83. The van der Waals surface area contributed by atoms with E-state index in [4.69, 9.17) is 4.74 Å². The first-order chi connectivity index (χ1) is 9.11. The van der Waals surface area contributed by atoms with Crippen LogP contribution in [-0.4, -0.2) is 28.8 Å². The highest BCUT2D eigenvalue weighted by Gasteiger charge is 2.15. The summed E-state index contributed by atoms with van der Waals surface area (Å²) in [5.41, 5.74) is 2.13. The molecule has 1 aromatic heterocycles. The number of ether oxygens (including phenoxy) is 1. The van der Waals surface area contributed by atoms with E-state index >= 15 is 0 Å². The Morgan fingerprint density at radius 2 is 2.21 bits per heavy atom. The third-order valence-corrected chi connectivity index (χ3v) is 3.26. The Balaban J connectivity index is 1.97. The molecule has 4 heteroatoms. The van der Waals surface area contributed by atoms with Crippen LogP contribution in [0, 0.1) is 0 Å². The number of hydrogen-bond donors (Lipinski definition) is 1. The predicted molar refractivity (Wildman–Crippen MR) is 77.8 cm³/mol. The first-order valence-electron chi connectivity index (χ1n) is 6.48. The minimum atomic E-state index is -0.0883. The lowest BCUT2D eigenvalue weighted by Crippen LogP contribution is -2.25. The van der Waals surface area contributed by atoms with Gasteiger partial charge in [0.15, 0.2) is 0 Å². The van der Waals surface area contributed by atoms with Crippen LogP contribution in [0.1, 0.15) is 20.3 Å². The number of nitrogens with zero attached hydrogens (tertiary/aromatic N) is 2. The molecular weight excluding hydrogens is 238 g/mol. The van der Waals surface area contributed by atoms with Gasteiger partial charge in [-0.1, -0.05) is 6.07 Å². The van der Waals surface area contributed by atoms with Gasteiger partial charge in [0.2, 0.25) is 0 Å². The van der Waals surface area contributed by atoms with Crippen LogP contribution in [0.2, 0.25) is 0 Å². The highest BCUT2D eigenvalue weighted by atomic mass is 16.5. The lowest BCUT2D eigenvalue weighted by molar-refractivity contribution is 0.0185. The van der Waals surface area contributed by atoms with E-state index in [9.17, 15) is 0 Å². The fraction of sp³-hybridized carbons (Fsp3) is 0.400. The predicted octanol–water partition coefficient (Wildman–Crippen LogP) is 3.10. The Kier molecular flexibility index (Phi) is 4.22. The Bertz CT molecular complexity index is 506. The number of methoxy groups -OCH3 is 1. The minimum absolute atomic E-state index is 0.0883. The highest BCUT2D eigenvalue weighted by molar-refractivity contribution is 5.51. The average molecular weight is 259 g/mol. The molecule has 2 aromatic rings. The smallest absolute Gasteiger partial charge is 0.0991 e. The van der Waals surface area contributed by atoms with E-state index in [1.165, 1.54) is 0 Å². The molecule has 2 rings (SSSR count).